The van der Waals surface area contributed by atoms with Gasteiger partial charge in [-0.2, -0.15) is 0 Å². The highest BCUT2D eigenvalue weighted by molar-refractivity contribution is 5.70. The predicted molar refractivity (Wildman–Crippen MR) is 173 cm³/mol. The fourth-order valence-corrected chi connectivity index (χ4v) is 5.08. The highest BCUT2D eigenvalue weighted by atomic mass is 16.6. The standard InChI is InChI=1S/C36H68O5/c1-3-5-7-9-11-13-15-17-18-19-21-23-25-27-29-31-36(39)41-34(32-37)33-40-35(38)30-28-26-24-22-20-16-14-12-10-8-6-4-2/h13,15,34,37H,3-12,14,16-33H2,1-2H3/b15-13-/t34-/m0/s1. The van der Waals surface area contributed by atoms with Gasteiger partial charge in [-0.3, -0.25) is 9.59 Å². The lowest BCUT2D eigenvalue weighted by molar-refractivity contribution is -0.161. The van der Waals surface area contributed by atoms with Crippen LogP contribution in [0, 0.1) is 0 Å². The second-order valence-corrected chi connectivity index (χ2v) is 12.0. The summed E-state index contributed by atoms with van der Waals surface area (Å²) >= 11 is 0. The van der Waals surface area contributed by atoms with Crippen molar-refractivity contribution in [2.24, 2.45) is 0 Å². The van der Waals surface area contributed by atoms with Gasteiger partial charge in [0.2, 0.25) is 0 Å². The zero-order valence-electron chi connectivity index (χ0n) is 27.3. The molecule has 0 aliphatic heterocycles. The molecule has 0 aliphatic rings. The van der Waals surface area contributed by atoms with E-state index in [1.54, 1.807) is 0 Å². The van der Waals surface area contributed by atoms with Gasteiger partial charge in [0.05, 0.1) is 6.61 Å². The van der Waals surface area contributed by atoms with E-state index in [0.29, 0.717) is 12.8 Å². The van der Waals surface area contributed by atoms with E-state index in [9.17, 15) is 14.7 Å². The van der Waals surface area contributed by atoms with Crippen molar-refractivity contribution in [3.63, 3.8) is 0 Å². The first-order chi connectivity index (χ1) is 20.1. The maximum atomic E-state index is 12.1. The molecule has 1 atom stereocenters. The van der Waals surface area contributed by atoms with Crippen LogP contribution in [0.3, 0.4) is 0 Å². The maximum Gasteiger partial charge on any atom is 0.306 e. The molecule has 0 unspecified atom stereocenters. The van der Waals surface area contributed by atoms with Crippen LogP contribution in [0.25, 0.3) is 0 Å². The Balaban J connectivity index is 3.55. The number of unbranched alkanes of at least 4 members (excludes halogenated alkanes) is 22. The van der Waals surface area contributed by atoms with Crippen LogP contribution in [0.2, 0.25) is 0 Å². The zero-order valence-corrected chi connectivity index (χ0v) is 27.3. The van der Waals surface area contributed by atoms with E-state index in [-0.39, 0.29) is 25.2 Å². The van der Waals surface area contributed by atoms with Crippen LogP contribution in [0.5, 0.6) is 0 Å². The molecule has 5 heteroatoms. The van der Waals surface area contributed by atoms with Crippen LogP contribution in [0.15, 0.2) is 12.2 Å². The van der Waals surface area contributed by atoms with Crippen LogP contribution in [-0.2, 0) is 19.1 Å². The summed E-state index contributed by atoms with van der Waals surface area (Å²) in [4.78, 5) is 24.1. The number of allylic oxidation sites excluding steroid dienone is 2. The molecule has 0 aliphatic carbocycles. The Morgan fingerprint density at radius 1 is 0.537 bits per heavy atom. The van der Waals surface area contributed by atoms with Gasteiger partial charge < -0.3 is 14.6 Å². The van der Waals surface area contributed by atoms with E-state index in [4.69, 9.17) is 9.47 Å². The lowest BCUT2D eigenvalue weighted by Gasteiger charge is -2.15. The fraction of sp³-hybridized carbons (Fsp3) is 0.889. The minimum Gasteiger partial charge on any atom is -0.462 e. The summed E-state index contributed by atoms with van der Waals surface area (Å²) < 4.78 is 10.6. The first-order valence-electron chi connectivity index (χ1n) is 17.7. The molecule has 0 rings (SSSR count). The zero-order chi connectivity index (χ0) is 30.1. The van der Waals surface area contributed by atoms with Crippen molar-refractivity contribution >= 4 is 11.9 Å². The molecule has 0 heterocycles. The molecule has 41 heavy (non-hydrogen) atoms. The van der Waals surface area contributed by atoms with Gasteiger partial charge in [-0.25, -0.2) is 0 Å². The highest BCUT2D eigenvalue weighted by Gasteiger charge is 2.16. The average molecular weight is 581 g/mol. The number of ether oxygens (including phenoxy) is 2. The number of aliphatic hydroxyl groups is 1. The largest absolute Gasteiger partial charge is 0.462 e. The second-order valence-electron chi connectivity index (χ2n) is 12.0. The van der Waals surface area contributed by atoms with E-state index >= 15 is 0 Å². The van der Waals surface area contributed by atoms with Gasteiger partial charge in [0.25, 0.3) is 0 Å². The molecule has 1 N–H and O–H groups in total. The lowest BCUT2D eigenvalue weighted by atomic mass is 10.0. The minimum absolute atomic E-state index is 0.0621. The third kappa shape index (κ3) is 31.4. The maximum absolute atomic E-state index is 12.1. The molecule has 0 aromatic carbocycles. The number of aliphatic hydroxyl groups excluding tert-OH is 1. The molecule has 0 fully saturated rings. The third-order valence-electron chi connectivity index (χ3n) is 7.81. The van der Waals surface area contributed by atoms with Gasteiger partial charge in [-0.1, -0.05) is 148 Å². The topological polar surface area (TPSA) is 72.8 Å². The smallest absolute Gasteiger partial charge is 0.306 e. The Labute approximate surface area is 254 Å². The molecule has 0 amide bonds. The Kier molecular flexibility index (Phi) is 32.0. The van der Waals surface area contributed by atoms with Crippen LogP contribution in [-0.4, -0.2) is 36.4 Å². The first-order valence-corrected chi connectivity index (χ1v) is 17.7. The van der Waals surface area contributed by atoms with E-state index in [2.05, 4.69) is 26.0 Å². The summed E-state index contributed by atoms with van der Waals surface area (Å²) in [6.07, 6.45) is 35.5. The van der Waals surface area contributed by atoms with Crippen molar-refractivity contribution in [1.82, 2.24) is 0 Å². The number of hydrogen-bond donors (Lipinski definition) is 1. The third-order valence-corrected chi connectivity index (χ3v) is 7.81. The summed E-state index contributed by atoms with van der Waals surface area (Å²) in [6, 6.07) is 0. The number of rotatable bonds is 32. The van der Waals surface area contributed by atoms with Crippen LogP contribution in [0.1, 0.15) is 187 Å². The normalized spacial score (nSPS) is 12.2. The van der Waals surface area contributed by atoms with Crippen molar-refractivity contribution in [2.75, 3.05) is 13.2 Å². The van der Waals surface area contributed by atoms with Gasteiger partial charge >= 0.3 is 11.9 Å². The second kappa shape index (κ2) is 33.1. The molecule has 0 aromatic heterocycles. The van der Waals surface area contributed by atoms with Gasteiger partial charge in [-0.05, 0) is 38.5 Å². The summed E-state index contributed by atoms with van der Waals surface area (Å²) in [5.74, 6) is -0.590. The summed E-state index contributed by atoms with van der Waals surface area (Å²) in [5, 5.41) is 9.51. The van der Waals surface area contributed by atoms with Crippen molar-refractivity contribution < 1.29 is 24.2 Å². The predicted octanol–water partition coefficient (Wildman–Crippen LogP) is 10.6. The average Bonchev–Trinajstić information content (AvgIpc) is 2.97. The number of hydrogen-bond acceptors (Lipinski definition) is 5. The Morgan fingerprint density at radius 3 is 1.34 bits per heavy atom. The van der Waals surface area contributed by atoms with Crippen molar-refractivity contribution in [3.8, 4) is 0 Å². The van der Waals surface area contributed by atoms with Gasteiger partial charge in [-0.15, -0.1) is 0 Å². The van der Waals surface area contributed by atoms with E-state index in [0.717, 1.165) is 38.5 Å². The summed E-state index contributed by atoms with van der Waals surface area (Å²) in [5.41, 5.74) is 0. The Bertz CT molecular complexity index is 589. The Hall–Kier alpha value is -1.36. The molecule has 0 saturated carbocycles. The minimum atomic E-state index is -0.765. The van der Waals surface area contributed by atoms with Crippen molar-refractivity contribution in [2.45, 2.75) is 193 Å². The molecule has 0 aromatic rings. The van der Waals surface area contributed by atoms with E-state index in [1.165, 1.54) is 122 Å². The van der Waals surface area contributed by atoms with Gasteiger partial charge in [0.15, 0.2) is 6.10 Å². The monoisotopic (exact) mass is 581 g/mol. The quantitative estimate of drug-likeness (QED) is 0.0487. The molecular weight excluding hydrogens is 512 g/mol. The summed E-state index contributed by atoms with van der Waals surface area (Å²) in [6.45, 7) is 4.12. The van der Waals surface area contributed by atoms with Crippen molar-refractivity contribution in [1.29, 1.82) is 0 Å². The lowest BCUT2D eigenvalue weighted by Crippen LogP contribution is -2.28. The number of esters is 2. The van der Waals surface area contributed by atoms with E-state index in [1.807, 2.05) is 0 Å². The number of carbonyl (C=O) groups is 2. The first kappa shape index (κ1) is 39.6. The molecule has 242 valence electrons. The SMILES string of the molecule is CCCCCC/C=C\CCCCCCCCCC(=O)O[C@@H](CO)COC(=O)CCCCCCCCCCCCCC. The van der Waals surface area contributed by atoms with Crippen LogP contribution >= 0.6 is 0 Å². The molecule has 5 nitrogen and oxygen atoms in total. The number of carbonyl (C=O) groups excluding carboxylic acids is 2. The van der Waals surface area contributed by atoms with E-state index < -0.39 is 6.10 Å². The molecule has 0 saturated heterocycles. The van der Waals surface area contributed by atoms with Gasteiger partial charge in [0, 0.05) is 12.8 Å². The molecule has 0 spiro atoms. The summed E-state index contributed by atoms with van der Waals surface area (Å²) in [7, 11) is 0. The highest BCUT2D eigenvalue weighted by Crippen LogP contribution is 2.14. The van der Waals surface area contributed by atoms with Crippen molar-refractivity contribution in [3.05, 3.63) is 12.2 Å². The van der Waals surface area contributed by atoms with Crippen LogP contribution < -0.4 is 0 Å². The van der Waals surface area contributed by atoms with Crippen LogP contribution in [0.4, 0.5) is 0 Å². The fourth-order valence-electron chi connectivity index (χ4n) is 5.08. The Morgan fingerprint density at radius 2 is 0.902 bits per heavy atom. The molecular formula is C36H68O5. The molecule has 0 radical (unpaired) electrons. The molecule has 0 bridgehead atoms. The van der Waals surface area contributed by atoms with Gasteiger partial charge in [0.1, 0.15) is 6.61 Å².